The second-order valence-corrected chi connectivity index (χ2v) is 4.07. The maximum absolute atomic E-state index is 3.51. The largest absolute Gasteiger partial charge is 0.381 e. The first-order valence-electron chi connectivity index (χ1n) is 4.23. The Morgan fingerprint density at radius 3 is 3.08 bits per heavy atom. The summed E-state index contributed by atoms with van der Waals surface area (Å²) < 4.78 is 0. The van der Waals surface area contributed by atoms with Gasteiger partial charge in [0.1, 0.15) is 0 Å². The van der Waals surface area contributed by atoms with Gasteiger partial charge in [-0.25, -0.2) is 0 Å². The molecule has 12 heavy (non-hydrogen) atoms. The van der Waals surface area contributed by atoms with Crippen LogP contribution in [0.4, 0.5) is 5.69 Å². The van der Waals surface area contributed by atoms with E-state index >= 15 is 0 Å². The summed E-state index contributed by atoms with van der Waals surface area (Å²) in [5.41, 5.74) is 2.80. The fourth-order valence-electron chi connectivity index (χ4n) is 1.68. The number of fused-ring (bicyclic) bond motifs is 1. The van der Waals surface area contributed by atoms with Crippen molar-refractivity contribution >= 4 is 17.4 Å². The van der Waals surface area contributed by atoms with Crippen LogP contribution in [0.15, 0.2) is 24.3 Å². The molecule has 1 N–H and O–H groups in total. The highest BCUT2D eigenvalue weighted by Gasteiger charge is 2.18. The van der Waals surface area contributed by atoms with E-state index in [1.54, 1.807) is 0 Å². The first-order valence-corrected chi connectivity index (χ1v) is 5.63. The molecule has 1 nitrogen and oxygen atoms in total. The molecule has 0 aliphatic carbocycles. The van der Waals surface area contributed by atoms with Gasteiger partial charge in [0.05, 0.1) is 0 Å². The first-order chi connectivity index (χ1) is 5.90. The Morgan fingerprint density at radius 1 is 1.50 bits per heavy atom. The number of anilines is 1. The van der Waals surface area contributed by atoms with E-state index in [0.29, 0.717) is 6.04 Å². The average molecular weight is 179 g/mol. The van der Waals surface area contributed by atoms with Crippen molar-refractivity contribution in [2.75, 3.05) is 17.3 Å². The normalized spacial score (nSPS) is 20.2. The van der Waals surface area contributed by atoms with E-state index in [9.17, 15) is 0 Å². The SMILES string of the molecule is CSCC1Cc2ccccc2N1. The zero-order valence-electron chi connectivity index (χ0n) is 7.21. The number of nitrogens with one attached hydrogen (secondary N) is 1. The molecule has 1 unspecified atom stereocenters. The third kappa shape index (κ3) is 1.44. The summed E-state index contributed by atoms with van der Waals surface area (Å²) in [6, 6.07) is 9.23. The van der Waals surface area contributed by atoms with Gasteiger partial charge in [0, 0.05) is 17.5 Å². The van der Waals surface area contributed by atoms with Gasteiger partial charge >= 0.3 is 0 Å². The summed E-state index contributed by atoms with van der Waals surface area (Å²) in [5, 5.41) is 3.51. The molecule has 1 aromatic carbocycles. The van der Waals surface area contributed by atoms with Crippen LogP contribution < -0.4 is 5.32 Å². The molecule has 0 radical (unpaired) electrons. The van der Waals surface area contributed by atoms with Crippen molar-refractivity contribution in [3.05, 3.63) is 29.8 Å². The zero-order valence-corrected chi connectivity index (χ0v) is 8.03. The monoisotopic (exact) mass is 179 g/mol. The summed E-state index contributed by atoms with van der Waals surface area (Å²) in [5.74, 6) is 1.20. The molecule has 0 saturated carbocycles. The Morgan fingerprint density at radius 2 is 2.33 bits per heavy atom. The number of para-hydroxylation sites is 1. The van der Waals surface area contributed by atoms with Crippen LogP contribution in [0.3, 0.4) is 0 Å². The highest BCUT2D eigenvalue weighted by Crippen LogP contribution is 2.26. The molecule has 1 aliphatic heterocycles. The third-order valence-corrected chi connectivity index (χ3v) is 2.95. The highest BCUT2D eigenvalue weighted by molar-refractivity contribution is 7.98. The molecular formula is C10H13NS. The van der Waals surface area contributed by atoms with Crippen LogP contribution in [0.2, 0.25) is 0 Å². The predicted octanol–water partition coefficient (Wildman–Crippen LogP) is 2.39. The van der Waals surface area contributed by atoms with Crippen LogP contribution in [-0.4, -0.2) is 18.1 Å². The highest BCUT2D eigenvalue weighted by atomic mass is 32.2. The van der Waals surface area contributed by atoms with Crippen molar-refractivity contribution in [2.45, 2.75) is 12.5 Å². The number of hydrogen-bond acceptors (Lipinski definition) is 2. The summed E-state index contributed by atoms with van der Waals surface area (Å²) >= 11 is 1.91. The number of thioether (sulfide) groups is 1. The van der Waals surface area contributed by atoms with Gasteiger partial charge in [-0.15, -0.1) is 0 Å². The summed E-state index contributed by atoms with van der Waals surface area (Å²) in [7, 11) is 0. The van der Waals surface area contributed by atoms with E-state index in [1.165, 1.54) is 23.4 Å². The summed E-state index contributed by atoms with van der Waals surface area (Å²) in [4.78, 5) is 0. The smallest absolute Gasteiger partial charge is 0.0392 e. The van der Waals surface area contributed by atoms with Crippen LogP contribution in [0.25, 0.3) is 0 Å². The minimum absolute atomic E-state index is 0.650. The second-order valence-electron chi connectivity index (χ2n) is 3.16. The molecule has 0 spiro atoms. The van der Waals surface area contributed by atoms with Crippen molar-refractivity contribution in [2.24, 2.45) is 0 Å². The molecule has 2 rings (SSSR count). The van der Waals surface area contributed by atoms with Crippen LogP contribution in [-0.2, 0) is 6.42 Å². The van der Waals surface area contributed by atoms with E-state index in [0.717, 1.165) is 0 Å². The van der Waals surface area contributed by atoms with Crippen LogP contribution >= 0.6 is 11.8 Å². The first kappa shape index (κ1) is 7.99. The Kier molecular flexibility index (Phi) is 2.26. The molecular weight excluding hydrogens is 166 g/mol. The second kappa shape index (κ2) is 3.40. The fourth-order valence-corrected chi connectivity index (χ4v) is 2.28. The third-order valence-electron chi connectivity index (χ3n) is 2.21. The summed E-state index contributed by atoms with van der Waals surface area (Å²) in [6.45, 7) is 0. The maximum atomic E-state index is 3.51. The number of hydrogen-bond donors (Lipinski definition) is 1. The molecule has 0 bridgehead atoms. The Bertz CT molecular complexity index is 247. The lowest BCUT2D eigenvalue weighted by atomic mass is 10.1. The molecule has 64 valence electrons. The van der Waals surface area contributed by atoms with Gasteiger partial charge in [0.15, 0.2) is 0 Å². The minimum atomic E-state index is 0.650. The van der Waals surface area contributed by atoms with Gasteiger partial charge in [-0.3, -0.25) is 0 Å². The van der Waals surface area contributed by atoms with Gasteiger partial charge in [-0.05, 0) is 24.3 Å². The zero-order chi connectivity index (χ0) is 8.39. The quantitative estimate of drug-likeness (QED) is 0.748. The molecule has 1 atom stereocenters. The Labute approximate surface area is 77.6 Å². The molecule has 0 fully saturated rings. The summed E-state index contributed by atoms with van der Waals surface area (Å²) in [6.07, 6.45) is 3.35. The number of benzene rings is 1. The van der Waals surface area contributed by atoms with E-state index < -0.39 is 0 Å². The van der Waals surface area contributed by atoms with Crippen molar-refractivity contribution in [1.82, 2.24) is 0 Å². The van der Waals surface area contributed by atoms with Crippen molar-refractivity contribution in [1.29, 1.82) is 0 Å². The number of rotatable bonds is 2. The fraction of sp³-hybridized carbons (Fsp3) is 0.400. The van der Waals surface area contributed by atoms with E-state index in [2.05, 4.69) is 35.8 Å². The van der Waals surface area contributed by atoms with Gasteiger partial charge < -0.3 is 5.32 Å². The topological polar surface area (TPSA) is 12.0 Å². The molecule has 0 amide bonds. The van der Waals surface area contributed by atoms with Crippen molar-refractivity contribution in [3.8, 4) is 0 Å². The van der Waals surface area contributed by atoms with E-state index in [4.69, 9.17) is 0 Å². The van der Waals surface area contributed by atoms with Gasteiger partial charge in [0.25, 0.3) is 0 Å². The average Bonchev–Trinajstić information content (AvgIpc) is 2.47. The lowest BCUT2D eigenvalue weighted by molar-refractivity contribution is 0.852. The van der Waals surface area contributed by atoms with E-state index in [-0.39, 0.29) is 0 Å². The van der Waals surface area contributed by atoms with Gasteiger partial charge in [-0.2, -0.15) is 11.8 Å². The maximum Gasteiger partial charge on any atom is 0.0392 e. The standard InChI is InChI=1S/C10H13NS/c1-12-7-9-6-8-4-2-3-5-10(8)11-9/h2-5,9,11H,6-7H2,1H3. The van der Waals surface area contributed by atoms with Crippen LogP contribution in [0, 0.1) is 0 Å². The van der Waals surface area contributed by atoms with Crippen LogP contribution in [0.5, 0.6) is 0 Å². The molecule has 1 aromatic rings. The Hall–Kier alpha value is -0.630. The molecule has 0 aromatic heterocycles. The van der Waals surface area contributed by atoms with Crippen LogP contribution in [0.1, 0.15) is 5.56 Å². The van der Waals surface area contributed by atoms with Gasteiger partial charge in [0.2, 0.25) is 0 Å². The Balaban J connectivity index is 2.11. The molecule has 1 aliphatic rings. The molecule has 0 saturated heterocycles. The molecule has 2 heteroatoms. The van der Waals surface area contributed by atoms with E-state index in [1.807, 2.05) is 11.8 Å². The minimum Gasteiger partial charge on any atom is -0.381 e. The molecule has 1 heterocycles. The predicted molar refractivity (Wildman–Crippen MR) is 55.9 cm³/mol. The van der Waals surface area contributed by atoms with Crippen molar-refractivity contribution in [3.63, 3.8) is 0 Å². The van der Waals surface area contributed by atoms with Gasteiger partial charge in [-0.1, -0.05) is 18.2 Å². The lowest BCUT2D eigenvalue weighted by Crippen LogP contribution is -2.17. The van der Waals surface area contributed by atoms with Crippen molar-refractivity contribution < 1.29 is 0 Å². The lowest BCUT2D eigenvalue weighted by Gasteiger charge is -2.07.